The topological polar surface area (TPSA) is 121 Å². The van der Waals surface area contributed by atoms with Gasteiger partial charge in [-0.1, -0.05) is 0 Å². The number of guanidine groups is 1. The molecule has 4 heterocycles. The van der Waals surface area contributed by atoms with Crippen molar-refractivity contribution >= 4 is 5.96 Å². The summed E-state index contributed by atoms with van der Waals surface area (Å²) < 4.78 is 5.41. The number of rotatable bonds is 11. The maximum atomic E-state index is 6.37. The Morgan fingerprint density at radius 1 is 1.03 bits per heavy atom. The van der Waals surface area contributed by atoms with Crippen molar-refractivity contribution in [1.82, 2.24) is 46.3 Å². The zero-order valence-corrected chi connectivity index (χ0v) is 20.3. The molecule has 7 N–H and O–H groups in total. The first-order chi connectivity index (χ1) is 16.1. The van der Waals surface area contributed by atoms with Crippen molar-refractivity contribution in [3.63, 3.8) is 0 Å². The van der Waals surface area contributed by atoms with E-state index in [-0.39, 0.29) is 6.17 Å². The molecule has 0 radical (unpaired) electrons. The van der Waals surface area contributed by atoms with E-state index in [1.165, 1.54) is 0 Å². The molecule has 0 spiro atoms. The summed E-state index contributed by atoms with van der Waals surface area (Å²) in [5, 5.41) is 19.5. The van der Waals surface area contributed by atoms with Crippen LogP contribution in [0.5, 0.6) is 0 Å². The predicted octanol–water partition coefficient (Wildman–Crippen LogP) is -3.21. The molecule has 4 rings (SSSR count). The Balaban J connectivity index is 1.13. The van der Waals surface area contributed by atoms with E-state index in [0.29, 0.717) is 6.54 Å². The van der Waals surface area contributed by atoms with Gasteiger partial charge in [0.15, 0.2) is 11.9 Å². The number of morpholine rings is 1. The molecule has 0 saturated carbocycles. The third kappa shape index (κ3) is 7.44. The Morgan fingerprint density at radius 2 is 1.76 bits per heavy atom. The van der Waals surface area contributed by atoms with Crippen molar-refractivity contribution in [2.75, 3.05) is 105 Å². The molecule has 3 fully saturated rings. The number of piperazine rings is 1. The van der Waals surface area contributed by atoms with Gasteiger partial charge >= 0.3 is 0 Å². The van der Waals surface area contributed by atoms with Crippen LogP contribution in [0.2, 0.25) is 0 Å². The fraction of sp³-hybridized carbons (Fsp3) is 0.952. The molecule has 12 heteroatoms. The number of nitrogens with zero attached hydrogens (tertiary/aromatic N) is 5. The summed E-state index contributed by atoms with van der Waals surface area (Å²) in [7, 11) is 2.20. The lowest BCUT2D eigenvalue weighted by molar-refractivity contribution is 0.0297. The second-order valence-electron chi connectivity index (χ2n) is 9.52. The Hall–Kier alpha value is -1.09. The van der Waals surface area contributed by atoms with Gasteiger partial charge in [-0.25, -0.2) is 4.99 Å². The largest absolute Gasteiger partial charge is 0.379 e. The average Bonchev–Trinajstić information content (AvgIpc) is 3.43. The third-order valence-corrected chi connectivity index (χ3v) is 6.97. The van der Waals surface area contributed by atoms with Crippen LogP contribution in [0.25, 0.3) is 0 Å². The van der Waals surface area contributed by atoms with Crippen LogP contribution in [0.15, 0.2) is 4.99 Å². The van der Waals surface area contributed by atoms with Crippen molar-refractivity contribution in [3.8, 4) is 0 Å². The molecular formula is C21H45N11O. The number of nitrogens with two attached hydrogens (primary N) is 1. The normalized spacial score (nSPS) is 30.5. The van der Waals surface area contributed by atoms with Gasteiger partial charge in [0.25, 0.3) is 0 Å². The van der Waals surface area contributed by atoms with Gasteiger partial charge in [-0.3, -0.25) is 26.7 Å². The highest BCUT2D eigenvalue weighted by Gasteiger charge is 2.41. The summed E-state index contributed by atoms with van der Waals surface area (Å²) in [6, 6.07) is 0. The number of hydrazine groups is 1. The van der Waals surface area contributed by atoms with Gasteiger partial charge in [-0.05, 0) is 33.0 Å². The van der Waals surface area contributed by atoms with Gasteiger partial charge in [0.05, 0.1) is 19.8 Å². The smallest absolute Gasteiger partial charge is 0.198 e. The van der Waals surface area contributed by atoms with Gasteiger partial charge in [-0.15, -0.1) is 0 Å². The van der Waals surface area contributed by atoms with E-state index in [2.05, 4.69) is 53.3 Å². The molecule has 0 amide bonds. The molecule has 0 aromatic rings. The maximum absolute atomic E-state index is 6.37. The molecule has 190 valence electrons. The summed E-state index contributed by atoms with van der Waals surface area (Å²) in [6.07, 6.45) is 2.21. The number of nitrogens with one attached hydrogen (secondary N) is 5. The molecule has 2 unspecified atom stereocenters. The van der Waals surface area contributed by atoms with Crippen LogP contribution in [0.4, 0.5) is 0 Å². The summed E-state index contributed by atoms with van der Waals surface area (Å²) >= 11 is 0. The minimum atomic E-state index is -0.610. The van der Waals surface area contributed by atoms with Gasteiger partial charge in [0, 0.05) is 65.4 Å². The predicted molar refractivity (Wildman–Crippen MR) is 130 cm³/mol. The molecule has 2 atom stereocenters. The van der Waals surface area contributed by atoms with Crippen molar-refractivity contribution in [2.45, 2.75) is 24.9 Å². The minimum absolute atomic E-state index is 0.0218. The fourth-order valence-corrected chi connectivity index (χ4v) is 4.83. The van der Waals surface area contributed by atoms with E-state index >= 15 is 0 Å². The lowest BCUT2D eigenvalue weighted by Gasteiger charge is -2.39. The Labute approximate surface area is 198 Å². The van der Waals surface area contributed by atoms with Crippen LogP contribution in [0.3, 0.4) is 0 Å². The molecule has 0 aromatic carbocycles. The molecule has 4 aliphatic heterocycles. The SMILES string of the molecule is CN1CCN(CCCNC2(NC3CN=C(NCCCN4CCOCC4)N3)NCCN2N)CC1. The standard InChI is InChI=1S/C21H45N11O/c1-29-10-12-30(13-11-29)8-3-5-25-21(26-6-9-32(21)22)28-19-18-24-20(27-19)23-4-2-7-31-14-16-33-17-15-31/h19,25-26,28H,2-18,22H2,1H3,(H2,23,24,27). The van der Waals surface area contributed by atoms with E-state index in [1.807, 2.05) is 5.01 Å². The monoisotopic (exact) mass is 467 g/mol. The molecule has 0 bridgehead atoms. The first-order valence-corrected chi connectivity index (χ1v) is 12.7. The quantitative estimate of drug-likeness (QED) is 0.105. The van der Waals surface area contributed by atoms with Crippen molar-refractivity contribution < 1.29 is 4.74 Å². The minimum Gasteiger partial charge on any atom is -0.379 e. The molecule has 4 aliphatic rings. The highest BCUT2D eigenvalue weighted by molar-refractivity contribution is 5.81. The van der Waals surface area contributed by atoms with Crippen molar-refractivity contribution in [3.05, 3.63) is 0 Å². The van der Waals surface area contributed by atoms with Gasteiger partial charge in [0.1, 0.15) is 6.17 Å². The zero-order valence-electron chi connectivity index (χ0n) is 20.3. The van der Waals surface area contributed by atoms with E-state index in [9.17, 15) is 0 Å². The van der Waals surface area contributed by atoms with Crippen LogP contribution < -0.4 is 32.4 Å². The van der Waals surface area contributed by atoms with Crippen LogP contribution in [-0.4, -0.2) is 143 Å². The Bertz CT molecular complexity index is 609. The number of aliphatic imine (C=N–C) groups is 1. The van der Waals surface area contributed by atoms with E-state index in [1.54, 1.807) is 0 Å². The molecule has 3 saturated heterocycles. The summed E-state index contributed by atoms with van der Waals surface area (Å²) in [5.74, 6) is 6.62. The number of hydrogen-bond acceptors (Lipinski definition) is 12. The molecule has 0 aliphatic carbocycles. The fourth-order valence-electron chi connectivity index (χ4n) is 4.83. The van der Waals surface area contributed by atoms with Crippen LogP contribution in [0, 0.1) is 0 Å². The van der Waals surface area contributed by atoms with Crippen LogP contribution in [0.1, 0.15) is 12.8 Å². The highest BCUT2D eigenvalue weighted by atomic mass is 16.5. The van der Waals surface area contributed by atoms with Gasteiger partial charge in [0.2, 0.25) is 0 Å². The summed E-state index contributed by atoms with van der Waals surface area (Å²) in [5.41, 5.74) is 0. The highest BCUT2D eigenvalue weighted by Crippen LogP contribution is 2.09. The Morgan fingerprint density at radius 3 is 2.48 bits per heavy atom. The second-order valence-corrected chi connectivity index (χ2v) is 9.52. The van der Waals surface area contributed by atoms with Crippen molar-refractivity contribution in [2.24, 2.45) is 10.8 Å². The summed E-state index contributed by atoms with van der Waals surface area (Å²) in [4.78, 5) is 12.0. The van der Waals surface area contributed by atoms with Gasteiger partial charge in [-0.2, -0.15) is 5.01 Å². The second kappa shape index (κ2) is 12.6. The third-order valence-electron chi connectivity index (χ3n) is 6.97. The molecule has 33 heavy (non-hydrogen) atoms. The first-order valence-electron chi connectivity index (χ1n) is 12.7. The first kappa shape index (κ1) is 25.0. The van der Waals surface area contributed by atoms with E-state index < -0.39 is 5.91 Å². The molecule has 12 nitrogen and oxygen atoms in total. The molecular weight excluding hydrogens is 422 g/mol. The average molecular weight is 468 g/mol. The number of ether oxygens (including phenoxy) is 1. The summed E-state index contributed by atoms with van der Waals surface area (Å²) in [6.45, 7) is 14.7. The Kier molecular flexibility index (Phi) is 9.53. The van der Waals surface area contributed by atoms with Crippen LogP contribution in [-0.2, 0) is 4.74 Å². The van der Waals surface area contributed by atoms with E-state index in [4.69, 9.17) is 10.6 Å². The lowest BCUT2D eigenvalue weighted by Crippen LogP contribution is -2.76. The maximum Gasteiger partial charge on any atom is 0.198 e. The number of likely N-dealkylation sites (N-methyl/N-ethyl adjacent to an activating group) is 1. The number of hydrogen-bond donors (Lipinski definition) is 6. The lowest BCUT2D eigenvalue weighted by atomic mass is 10.3. The zero-order chi connectivity index (χ0) is 22.9. The van der Waals surface area contributed by atoms with Crippen LogP contribution >= 0.6 is 0 Å². The van der Waals surface area contributed by atoms with Crippen molar-refractivity contribution in [1.29, 1.82) is 0 Å². The molecule has 0 aromatic heterocycles. The van der Waals surface area contributed by atoms with Gasteiger partial charge < -0.3 is 25.2 Å². The van der Waals surface area contributed by atoms with E-state index in [0.717, 1.165) is 111 Å².